The monoisotopic (exact) mass is 314 g/mol. The molecule has 1 aromatic rings. The number of benzene rings is 1. The van der Waals surface area contributed by atoms with E-state index >= 15 is 0 Å². The Balaban J connectivity index is 2.16. The van der Waals surface area contributed by atoms with Crippen molar-refractivity contribution in [3.63, 3.8) is 0 Å². The van der Waals surface area contributed by atoms with Crippen LogP contribution in [0.5, 0.6) is 0 Å². The molecule has 1 fully saturated rings. The van der Waals surface area contributed by atoms with Crippen LogP contribution in [-0.2, 0) is 4.79 Å². The number of amides is 2. The summed E-state index contributed by atoms with van der Waals surface area (Å²) in [5.74, 6) is -0.299. The van der Waals surface area contributed by atoms with Gasteiger partial charge < -0.3 is 9.80 Å². The lowest BCUT2D eigenvalue weighted by atomic mass is 10.1. The first-order chi connectivity index (χ1) is 9.41. The van der Waals surface area contributed by atoms with Crippen molar-refractivity contribution in [2.24, 2.45) is 0 Å². The molecule has 0 aromatic heterocycles. The number of rotatable bonds is 2. The Morgan fingerprint density at radius 2 is 1.95 bits per heavy atom. The second-order valence-corrected chi connectivity index (χ2v) is 5.79. The summed E-state index contributed by atoms with van der Waals surface area (Å²) in [5.41, 5.74) is 0.338. The highest BCUT2D eigenvalue weighted by Crippen LogP contribution is 2.27. The van der Waals surface area contributed by atoms with E-state index in [0.717, 1.165) is 0 Å². The molecular formula is C14H16Cl2N2O2. The van der Waals surface area contributed by atoms with E-state index in [4.69, 9.17) is 23.2 Å². The van der Waals surface area contributed by atoms with E-state index in [0.29, 0.717) is 23.7 Å². The maximum atomic E-state index is 12.4. The van der Waals surface area contributed by atoms with Crippen molar-refractivity contribution in [3.05, 3.63) is 33.8 Å². The molecule has 4 nitrogen and oxygen atoms in total. The lowest BCUT2D eigenvalue weighted by Gasteiger charge is -2.36. The SMILES string of the molecule is CC(C)N1CCN(C(=O)c2cccc(Cl)c2Cl)CC1=O. The zero-order valence-electron chi connectivity index (χ0n) is 11.4. The van der Waals surface area contributed by atoms with Crippen LogP contribution in [0.4, 0.5) is 0 Å². The number of carbonyl (C=O) groups excluding carboxylic acids is 2. The van der Waals surface area contributed by atoms with E-state index < -0.39 is 0 Å². The van der Waals surface area contributed by atoms with Crippen molar-refractivity contribution in [2.45, 2.75) is 19.9 Å². The van der Waals surface area contributed by atoms with E-state index in [1.54, 1.807) is 23.1 Å². The molecule has 6 heteroatoms. The van der Waals surface area contributed by atoms with E-state index in [1.165, 1.54) is 4.90 Å². The molecule has 2 amide bonds. The van der Waals surface area contributed by atoms with Crippen LogP contribution in [-0.4, -0.2) is 47.3 Å². The number of hydrogen-bond acceptors (Lipinski definition) is 2. The molecule has 0 radical (unpaired) electrons. The minimum atomic E-state index is -0.255. The molecule has 2 rings (SSSR count). The molecule has 1 aromatic carbocycles. The fourth-order valence-electron chi connectivity index (χ4n) is 2.25. The van der Waals surface area contributed by atoms with Crippen molar-refractivity contribution < 1.29 is 9.59 Å². The molecule has 0 aliphatic carbocycles. The van der Waals surface area contributed by atoms with Gasteiger partial charge in [-0.2, -0.15) is 0 Å². The van der Waals surface area contributed by atoms with Crippen molar-refractivity contribution in [2.75, 3.05) is 19.6 Å². The van der Waals surface area contributed by atoms with Gasteiger partial charge in [-0.05, 0) is 26.0 Å². The minimum absolute atomic E-state index is 0.0437. The molecule has 1 saturated heterocycles. The molecule has 0 bridgehead atoms. The van der Waals surface area contributed by atoms with E-state index in [2.05, 4.69) is 0 Å². The van der Waals surface area contributed by atoms with Crippen LogP contribution in [0.1, 0.15) is 24.2 Å². The average molecular weight is 315 g/mol. The van der Waals surface area contributed by atoms with Crippen LogP contribution in [0.25, 0.3) is 0 Å². The van der Waals surface area contributed by atoms with Gasteiger partial charge in [-0.1, -0.05) is 29.3 Å². The van der Waals surface area contributed by atoms with Gasteiger partial charge >= 0.3 is 0 Å². The molecule has 0 N–H and O–H groups in total. The summed E-state index contributed by atoms with van der Waals surface area (Å²) < 4.78 is 0. The first-order valence-corrected chi connectivity index (χ1v) is 7.20. The molecule has 0 spiro atoms. The lowest BCUT2D eigenvalue weighted by Crippen LogP contribution is -2.54. The Labute approximate surface area is 128 Å². The third-order valence-electron chi connectivity index (χ3n) is 3.35. The third kappa shape index (κ3) is 2.91. The van der Waals surface area contributed by atoms with Gasteiger partial charge in [0.15, 0.2) is 0 Å². The molecule has 1 heterocycles. The van der Waals surface area contributed by atoms with Gasteiger partial charge in [-0.25, -0.2) is 0 Å². The summed E-state index contributed by atoms with van der Waals surface area (Å²) in [7, 11) is 0. The molecule has 108 valence electrons. The van der Waals surface area contributed by atoms with Crippen LogP contribution in [0.2, 0.25) is 10.0 Å². The van der Waals surface area contributed by atoms with Crippen LogP contribution in [0.15, 0.2) is 18.2 Å². The Morgan fingerprint density at radius 3 is 2.55 bits per heavy atom. The lowest BCUT2D eigenvalue weighted by molar-refractivity contribution is -0.136. The van der Waals surface area contributed by atoms with Crippen LogP contribution in [0.3, 0.4) is 0 Å². The van der Waals surface area contributed by atoms with Gasteiger partial charge in [0.1, 0.15) is 6.54 Å². The van der Waals surface area contributed by atoms with Crippen molar-refractivity contribution in [1.82, 2.24) is 9.80 Å². The average Bonchev–Trinajstić information content (AvgIpc) is 2.40. The second-order valence-electron chi connectivity index (χ2n) is 5.01. The first kappa shape index (κ1) is 15.1. The largest absolute Gasteiger partial charge is 0.337 e. The smallest absolute Gasteiger partial charge is 0.255 e. The minimum Gasteiger partial charge on any atom is -0.337 e. The maximum Gasteiger partial charge on any atom is 0.255 e. The summed E-state index contributed by atoms with van der Waals surface area (Å²) in [5, 5.41) is 0.572. The summed E-state index contributed by atoms with van der Waals surface area (Å²) in [6.07, 6.45) is 0. The Bertz CT molecular complexity index is 546. The quantitative estimate of drug-likeness (QED) is 0.842. The predicted molar refractivity (Wildman–Crippen MR) is 79.2 cm³/mol. The van der Waals surface area contributed by atoms with Gasteiger partial charge in [0.05, 0.1) is 15.6 Å². The molecule has 1 aliphatic heterocycles. The zero-order chi connectivity index (χ0) is 14.9. The summed E-state index contributed by atoms with van der Waals surface area (Å²) in [4.78, 5) is 27.7. The van der Waals surface area contributed by atoms with Crippen LogP contribution >= 0.6 is 23.2 Å². The molecule has 0 atom stereocenters. The number of halogens is 2. The molecule has 0 unspecified atom stereocenters. The zero-order valence-corrected chi connectivity index (χ0v) is 12.9. The van der Waals surface area contributed by atoms with Gasteiger partial charge in [0.2, 0.25) is 5.91 Å². The summed E-state index contributed by atoms with van der Waals surface area (Å²) in [6.45, 7) is 5.05. The third-order valence-corrected chi connectivity index (χ3v) is 4.17. The number of carbonyl (C=O) groups is 2. The fraction of sp³-hybridized carbons (Fsp3) is 0.429. The Morgan fingerprint density at radius 1 is 1.25 bits per heavy atom. The standard InChI is InChI=1S/C14H16Cl2N2O2/c1-9(2)18-7-6-17(8-12(18)19)14(20)10-4-3-5-11(15)13(10)16/h3-5,9H,6-8H2,1-2H3. The van der Waals surface area contributed by atoms with E-state index in [1.807, 2.05) is 13.8 Å². The van der Waals surface area contributed by atoms with E-state index in [-0.39, 0.29) is 29.4 Å². The van der Waals surface area contributed by atoms with Crippen molar-refractivity contribution in [1.29, 1.82) is 0 Å². The number of nitrogens with zero attached hydrogens (tertiary/aromatic N) is 2. The van der Waals surface area contributed by atoms with Crippen LogP contribution in [0, 0.1) is 0 Å². The van der Waals surface area contributed by atoms with Crippen molar-refractivity contribution >= 4 is 35.0 Å². The van der Waals surface area contributed by atoms with Gasteiger partial charge in [0.25, 0.3) is 5.91 Å². The summed E-state index contributed by atoms with van der Waals surface area (Å²) in [6, 6.07) is 5.07. The highest BCUT2D eigenvalue weighted by atomic mass is 35.5. The maximum absolute atomic E-state index is 12.4. The van der Waals surface area contributed by atoms with Gasteiger partial charge in [0, 0.05) is 19.1 Å². The number of piperazine rings is 1. The molecule has 0 saturated carbocycles. The van der Waals surface area contributed by atoms with Crippen molar-refractivity contribution in [3.8, 4) is 0 Å². The first-order valence-electron chi connectivity index (χ1n) is 6.44. The van der Waals surface area contributed by atoms with Gasteiger partial charge in [-0.15, -0.1) is 0 Å². The van der Waals surface area contributed by atoms with Gasteiger partial charge in [-0.3, -0.25) is 9.59 Å². The van der Waals surface area contributed by atoms with Crippen LogP contribution < -0.4 is 0 Å². The highest BCUT2D eigenvalue weighted by Gasteiger charge is 2.29. The molecule has 20 heavy (non-hydrogen) atoms. The Hall–Kier alpha value is -1.26. The predicted octanol–water partition coefficient (Wildman–Crippen LogP) is 2.69. The molecular weight excluding hydrogens is 299 g/mol. The highest BCUT2D eigenvalue weighted by molar-refractivity contribution is 6.43. The number of hydrogen-bond donors (Lipinski definition) is 0. The Kier molecular flexibility index (Phi) is 4.55. The fourth-order valence-corrected chi connectivity index (χ4v) is 2.63. The molecule has 1 aliphatic rings. The normalized spacial score (nSPS) is 15.9. The topological polar surface area (TPSA) is 40.6 Å². The van der Waals surface area contributed by atoms with E-state index in [9.17, 15) is 9.59 Å². The summed E-state index contributed by atoms with van der Waals surface area (Å²) >= 11 is 12.0. The second kappa shape index (κ2) is 6.02.